The van der Waals surface area contributed by atoms with Crippen LogP contribution in [-0.4, -0.2) is 173 Å². The minimum absolute atomic E-state index is 0.306. The van der Waals surface area contributed by atoms with E-state index in [1.54, 1.807) is 6.92 Å². The summed E-state index contributed by atoms with van der Waals surface area (Å²) in [4.78, 5) is 12.7. The highest BCUT2D eigenvalue weighted by Gasteiger charge is 2.56. The molecule has 5 rings (SSSR count). The van der Waals surface area contributed by atoms with Gasteiger partial charge in [-0.05, 0) is 28.8 Å². The number of rotatable bonds is 15. The third kappa shape index (κ3) is 9.84. The van der Waals surface area contributed by atoms with Crippen molar-refractivity contribution < 1.29 is 78.5 Å². The van der Waals surface area contributed by atoms with E-state index in [1.807, 2.05) is 67.6 Å². The van der Waals surface area contributed by atoms with E-state index in [0.29, 0.717) is 6.42 Å². The van der Waals surface area contributed by atoms with Gasteiger partial charge in [-0.1, -0.05) is 88.4 Å². The van der Waals surface area contributed by atoms with Crippen LogP contribution in [0.2, 0.25) is 5.04 Å². The molecule has 3 fully saturated rings. The maximum absolute atomic E-state index is 12.7. The van der Waals surface area contributed by atoms with E-state index < -0.39 is 125 Å². The zero-order valence-electron chi connectivity index (χ0n) is 33.7. The lowest BCUT2D eigenvalue weighted by molar-refractivity contribution is -0.368. The van der Waals surface area contributed by atoms with Crippen molar-refractivity contribution in [1.29, 1.82) is 0 Å². The van der Waals surface area contributed by atoms with Crippen LogP contribution < -0.4 is 15.7 Å². The molecule has 0 aliphatic carbocycles. The van der Waals surface area contributed by atoms with Gasteiger partial charge in [0.15, 0.2) is 18.9 Å². The molecule has 2 aromatic carbocycles. The summed E-state index contributed by atoms with van der Waals surface area (Å²) < 4.78 is 43.4. The standard InChI is InChI=1S/C40H61NO16Si/c1-7-21(2)52-38-34(50)32(48)35(26(19-43)54-38)56-37-28(41-22(3)44)30(46)36(57-39-33(49)31(47)29(45)25(18-42)53-39)27(55-37)20-51-58(40(4,5)6,23-14-10-8-11-15-23)24-16-12-9-13-17-24/h8-17,21,25-39,42-43,45-50H,7,18-20H2,1-6H3,(H,41,44)/t21?,25-,26-,27-,28-,29-,30-,31+,32-,33-,34-,35-,36-,37-,38-,39+/m1/s1. The normalized spacial score (nSPS) is 36.6. The number of ether oxygens (including phenoxy) is 6. The van der Waals surface area contributed by atoms with Gasteiger partial charge in [-0.2, -0.15) is 0 Å². The second-order valence-electron chi connectivity index (χ2n) is 16.2. The predicted molar refractivity (Wildman–Crippen MR) is 208 cm³/mol. The zero-order chi connectivity index (χ0) is 42.5. The molecule has 1 amide bonds. The van der Waals surface area contributed by atoms with Crippen molar-refractivity contribution in [2.75, 3.05) is 19.8 Å². The van der Waals surface area contributed by atoms with Gasteiger partial charge < -0.3 is 79.0 Å². The van der Waals surface area contributed by atoms with Crippen LogP contribution in [0.15, 0.2) is 60.7 Å². The molecular weight excluding hydrogens is 779 g/mol. The second kappa shape index (κ2) is 19.9. The van der Waals surface area contributed by atoms with E-state index in [0.717, 1.165) is 10.4 Å². The summed E-state index contributed by atoms with van der Waals surface area (Å²) in [5.41, 5.74) is 0. The molecule has 2 aromatic rings. The summed E-state index contributed by atoms with van der Waals surface area (Å²) in [6, 6.07) is 17.9. The van der Waals surface area contributed by atoms with Crippen LogP contribution in [0.4, 0.5) is 0 Å². The Morgan fingerprint density at radius 1 is 0.707 bits per heavy atom. The van der Waals surface area contributed by atoms with Crippen LogP contribution in [-0.2, 0) is 37.6 Å². The Bertz CT molecular complexity index is 1530. The van der Waals surface area contributed by atoms with Gasteiger partial charge in [0.1, 0.15) is 73.2 Å². The first-order valence-electron chi connectivity index (χ1n) is 19.7. The van der Waals surface area contributed by atoms with Gasteiger partial charge in [0, 0.05) is 6.92 Å². The average Bonchev–Trinajstić information content (AvgIpc) is 3.20. The third-order valence-electron chi connectivity index (χ3n) is 11.1. The molecule has 0 bridgehead atoms. The summed E-state index contributed by atoms with van der Waals surface area (Å²) in [5.74, 6) is -0.629. The van der Waals surface area contributed by atoms with Crippen LogP contribution in [0, 0.1) is 0 Å². The Hall–Kier alpha value is -2.47. The van der Waals surface area contributed by atoms with Gasteiger partial charge in [-0.15, -0.1) is 0 Å². The molecule has 326 valence electrons. The fourth-order valence-corrected chi connectivity index (χ4v) is 12.4. The van der Waals surface area contributed by atoms with Crippen molar-refractivity contribution in [3.8, 4) is 0 Å². The van der Waals surface area contributed by atoms with Crippen molar-refractivity contribution in [1.82, 2.24) is 5.32 Å². The molecule has 18 heteroatoms. The third-order valence-corrected chi connectivity index (χ3v) is 16.1. The Balaban J connectivity index is 1.56. The molecule has 1 unspecified atom stereocenters. The Kier molecular flexibility index (Phi) is 16.0. The van der Waals surface area contributed by atoms with Crippen molar-refractivity contribution >= 4 is 24.6 Å². The molecule has 0 aromatic heterocycles. The molecule has 3 aliphatic heterocycles. The predicted octanol–water partition coefficient (Wildman–Crippen LogP) is -2.02. The SMILES string of the molecule is CCC(C)O[C@@H]1O[C@H](CO)[C@@H](O[C@H]2O[C@H](CO[Si](c3ccccc3)(c3ccccc3)C(C)(C)C)[C@@H](O[C@@H]3O[C@H](CO)[C@@H](O)[C@H](O)[C@H]3O)[C@H](O)[C@H]2NC(C)=O)[C@H](O)[C@H]1O. The van der Waals surface area contributed by atoms with E-state index in [9.17, 15) is 45.6 Å². The van der Waals surface area contributed by atoms with Crippen LogP contribution >= 0.6 is 0 Å². The lowest BCUT2D eigenvalue weighted by atomic mass is 9.94. The van der Waals surface area contributed by atoms with Gasteiger partial charge in [0.2, 0.25) is 5.91 Å². The molecule has 9 N–H and O–H groups in total. The number of aliphatic hydroxyl groups excluding tert-OH is 8. The van der Waals surface area contributed by atoms with Crippen molar-refractivity contribution in [2.45, 2.75) is 151 Å². The van der Waals surface area contributed by atoms with Crippen molar-refractivity contribution in [3.63, 3.8) is 0 Å². The van der Waals surface area contributed by atoms with E-state index in [4.69, 9.17) is 32.8 Å². The molecule has 0 spiro atoms. The molecule has 3 heterocycles. The van der Waals surface area contributed by atoms with E-state index in [-0.39, 0.29) is 12.7 Å². The maximum atomic E-state index is 12.7. The number of nitrogens with one attached hydrogen (secondary N) is 1. The minimum Gasteiger partial charge on any atom is -0.405 e. The summed E-state index contributed by atoms with van der Waals surface area (Å²) in [6.07, 6.45) is -21.8. The first-order valence-corrected chi connectivity index (χ1v) is 21.6. The number of carbonyl (C=O) groups is 1. The van der Waals surface area contributed by atoms with Gasteiger partial charge in [0.05, 0.1) is 25.9 Å². The molecule has 0 radical (unpaired) electrons. The van der Waals surface area contributed by atoms with Crippen molar-refractivity contribution in [3.05, 3.63) is 60.7 Å². The molecule has 58 heavy (non-hydrogen) atoms. The molecule has 3 saturated heterocycles. The largest absolute Gasteiger partial charge is 0.405 e. The smallest absolute Gasteiger partial charge is 0.261 e. The first kappa shape index (κ1) is 46.6. The topological polar surface area (TPSA) is 256 Å². The number of amides is 1. The highest BCUT2D eigenvalue weighted by atomic mass is 28.4. The lowest BCUT2D eigenvalue weighted by Gasteiger charge is -2.50. The van der Waals surface area contributed by atoms with Gasteiger partial charge in [0.25, 0.3) is 8.32 Å². The fraction of sp³-hybridized carbons (Fsp3) is 0.675. The van der Waals surface area contributed by atoms with Crippen LogP contribution in [0.25, 0.3) is 0 Å². The Morgan fingerprint density at radius 2 is 1.21 bits per heavy atom. The molecule has 16 atom stereocenters. The molecule has 0 saturated carbocycles. The van der Waals surface area contributed by atoms with Crippen LogP contribution in [0.5, 0.6) is 0 Å². The Morgan fingerprint density at radius 3 is 1.72 bits per heavy atom. The van der Waals surface area contributed by atoms with Gasteiger partial charge >= 0.3 is 0 Å². The lowest BCUT2D eigenvalue weighted by Crippen LogP contribution is -2.71. The van der Waals surface area contributed by atoms with E-state index >= 15 is 0 Å². The Labute approximate surface area is 339 Å². The molecular formula is C40H61NO16Si. The zero-order valence-corrected chi connectivity index (χ0v) is 34.7. The number of hydrogen-bond donors (Lipinski definition) is 9. The second-order valence-corrected chi connectivity index (χ2v) is 20.5. The summed E-state index contributed by atoms with van der Waals surface area (Å²) >= 11 is 0. The summed E-state index contributed by atoms with van der Waals surface area (Å²) in [5, 5.41) is 90.8. The number of hydrogen-bond acceptors (Lipinski definition) is 16. The van der Waals surface area contributed by atoms with Crippen LogP contribution in [0.3, 0.4) is 0 Å². The van der Waals surface area contributed by atoms with Crippen LogP contribution in [0.1, 0.15) is 48.0 Å². The maximum Gasteiger partial charge on any atom is 0.261 e. The monoisotopic (exact) mass is 839 g/mol. The van der Waals surface area contributed by atoms with E-state index in [1.165, 1.54) is 6.92 Å². The van der Waals surface area contributed by atoms with Gasteiger partial charge in [-0.3, -0.25) is 4.79 Å². The highest BCUT2D eigenvalue weighted by molar-refractivity contribution is 6.99. The van der Waals surface area contributed by atoms with Gasteiger partial charge in [-0.25, -0.2) is 0 Å². The summed E-state index contributed by atoms with van der Waals surface area (Å²) in [7, 11) is -3.31. The summed E-state index contributed by atoms with van der Waals surface area (Å²) in [6.45, 7) is 9.24. The number of carbonyl (C=O) groups excluding carboxylic acids is 1. The first-order chi connectivity index (χ1) is 27.5. The minimum atomic E-state index is -3.31. The van der Waals surface area contributed by atoms with E-state index in [2.05, 4.69) is 26.1 Å². The quantitative estimate of drug-likeness (QED) is 0.0878. The highest BCUT2D eigenvalue weighted by Crippen LogP contribution is 2.39. The number of benzene rings is 2. The van der Waals surface area contributed by atoms with Crippen molar-refractivity contribution in [2.24, 2.45) is 0 Å². The average molecular weight is 840 g/mol. The molecule has 17 nitrogen and oxygen atoms in total. The fourth-order valence-electron chi connectivity index (χ4n) is 7.84. The number of aliphatic hydroxyl groups is 8. The molecule has 3 aliphatic rings.